The molecule has 0 atom stereocenters. The van der Waals surface area contributed by atoms with Crippen LogP contribution < -0.4 is 15.8 Å². The second kappa shape index (κ2) is 7.86. The lowest BCUT2D eigenvalue weighted by Crippen LogP contribution is -2.40. The van der Waals surface area contributed by atoms with Crippen molar-refractivity contribution in [3.8, 4) is 5.75 Å². The average molecular weight is 326 g/mol. The van der Waals surface area contributed by atoms with Crippen molar-refractivity contribution < 1.29 is 9.53 Å². The van der Waals surface area contributed by atoms with Gasteiger partial charge in [-0.1, -0.05) is 36.4 Å². The highest BCUT2D eigenvalue weighted by Gasteiger charge is 2.13. The van der Waals surface area contributed by atoms with Crippen LogP contribution in [-0.2, 0) is 17.8 Å². The molecular weight excluding hydrogens is 300 g/mol. The number of aryl methyl sites for hydroxylation is 1. The van der Waals surface area contributed by atoms with Gasteiger partial charge in [0, 0.05) is 12.0 Å². The number of hydrogen-bond acceptors (Lipinski definition) is 3. The largest absolute Gasteiger partial charge is 0.487 e. The fourth-order valence-corrected chi connectivity index (χ4v) is 2.36. The van der Waals surface area contributed by atoms with Crippen LogP contribution in [-0.4, -0.2) is 11.4 Å². The maximum Gasteiger partial charge on any atom is 0.220 e. The Morgan fingerprint density at radius 2 is 1.79 bits per heavy atom. The summed E-state index contributed by atoms with van der Waals surface area (Å²) >= 11 is 0. The monoisotopic (exact) mass is 326 g/mol. The Balaban J connectivity index is 1.88. The highest BCUT2D eigenvalue weighted by atomic mass is 16.5. The molecule has 1 amide bonds. The third kappa shape index (κ3) is 5.95. The molecule has 128 valence electrons. The van der Waals surface area contributed by atoms with E-state index in [1.165, 1.54) is 0 Å². The zero-order valence-electron chi connectivity index (χ0n) is 14.6. The molecule has 0 aromatic heterocycles. The molecule has 0 spiro atoms. The number of hydrogen-bond donors (Lipinski definition) is 2. The predicted octanol–water partition coefficient (Wildman–Crippen LogP) is 3.70. The van der Waals surface area contributed by atoms with E-state index >= 15 is 0 Å². The van der Waals surface area contributed by atoms with E-state index in [0.29, 0.717) is 30.9 Å². The Labute approximate surface area is 144 Å². The van der Waals surface area contributed by atoms with Crippen molar-refractivity contribution in [2.24, 2.45) is 0 Å². The molecule has 24 heavy (non-hydrogen) atoms. The van der Waals surface area contributed by atoms with E-state index in [2.05, 4.69) is 5.32 Å². The molecule has 2 aromatic rings. The van der Waals surface area contributed by atoms with Crippen molar-refractivity contribution in [1.82, 2.24) is 5.32 Å². The molecule has 0 saturated carbocycles. The van der Waals surface area contributed by atoms with Crippen molar-refractivity contribution in [2.75, 3.05) is 5.73 Å². The molecule has 0 bridgehead atoms. The van der Waals surface area contributed by atoms with Crippen LogP contribution in [0.3, 0.4) is 0 Å². The Hall–Kier alpha value is -2.49. The minimum atomic E-state index is -0.203. The molecule has 0 radical (unpaired) electrons. The number of nitrogens with two attached hydrogens (primary N) is 1. The van der Waals surface area contributed by atoms with Crippen LogP contribution in [0.15, 0.2) is 48.5 Å². The number of nitrogen functional groups attached to an aromatic ring is 1. The minimum Gasteiger partial charge on any atom is -0.487 e. The zero-order valence-corrected chi connectivity index (χ0v) is 14.6. The van der Waals surface area contributed by atoms with Crippen LogP contribution >= 0.6 is 0 Å². The Kier molecular flexibility index (Phi) is 5.85. The van der Waals surface area contributed by atoms with Crippen molar-refractivity contribution >= 4 is 11.6 Å². The van der Waals surface area contributed by atoms with Crippen LogP contribution in [0.5, 0.6) is 5.75 Å². The van der Waals surface area contributed by atoms with E-state index in [4.69, 9.17) is 10.5 Å². The maximum absolute atomic E-state index is 11.9. The first-order chi connectivity index (χ1) is 11.3. The van der Waals surface area contributed by atoms with Gasteiger partial charge < -0.3 is 15.8 Å². The number of anilines is 1. The SMILES string of the molecule is CC(C)(C)NC(=O)CCc1ccc(OCc2ccccc2)c(N)c1. The van der Waals surface area contributed by atoms with E-state index < -0.39 is 0 Å². The van der Waals surface area contributed by atoms with Crippen molar-refractivity contribution in [2.45, 2.75) is 45.8 Å². The standard InChI is InChI=1S/C20H26N2O2/c1-20(2,3)22-19(23)12-10-15-9-11-18(17(21)13-15)24-14-16-7-5-4-6-8-16/h4-9,11,13H,10,12,14,21H2,1-3H3,(H,22,23). The summed E-state index contributed by atoms with van der Waals surface area (Å²) in [5.74, 6) is 0.715. The van der Waals surface area contributed by atoms with Gasteiger partial charge in [-0.25, -0.2) is 0 Å². The van der Waals surface area contributed by atoms with Gasteiger partial charge in [0.05, 0.1) is 5.69 Å². The van der Waals surface area contributed by atoms with Gasteiger partial charge in [-0.3, -0.25) is 4.79 Å². The van der Waals surface area contributed by atoms with Crippen LogP contribution in [0, 0.1) is 0 Å². The van der Waals surface area contributed by atoms with Gasteiger partial charge in [-0.2, -0.15) is 0 Å². The van der Waals surface area contributed by atoms with Gasteiger partial charge in [0.2, 0.25) is 5.91 Å². The molecular formula is C20H26N2O2. The summed E-state index contributed by atoms with van der Waals surface area (Å²) in [6.07, 6.45) is 1.10. The molecule has 4 heteroatoms. The number of ether oxygens (including phenoxy) is 1. The number of carbonyl (C=O) groups excluding carboxylic acids is 1. The second-order valence-corrected chi connectivity index (χ2v) is 6.94. The average Bonchev–Trinajstić information content (AvgIpc) is 2.51. The third-order valence-electron chi connectivity index (χ3n) is 3.47. The molecule has 4 nitrogen and oxygen atoms in total. The van der Waals surface area contributed by atoms with Crippen molar-refractivity contribution in [1.29, 1.82) is 0 Å². The number of nitrogens with one attached hydrogen (secondary N) is 1. The quantitative estimate of drug-likeness (QED) is 0.796. The van der Waals surface area contributed by atoms with Gasteiger partial charge in [0.25, 0.3) is 0 Å². The van der Waals surface area contributed by atoms with E-state index in [1.54, 1.807) is 0 Å². The minimum absolute atomic E-state index is 0.0467. The molecule has 2 aromatic carbocycles. The first kappa shape index (κ1) is 17.9. The van der Waals surface area contributed by atoms with Crippen LogP contribution in [0.1, 0.15) is 38.3 Å². The van der Waals surface area contributed by atoms with Crippen LogP contribution in [0.4, 0.5) is 5.69 Å². The van der Waals surface area contributed by atoms with Gasteiger partial charge in [0.15, 0.2) is 0 Å². The maximum atomic E-state index is 11.9. The predicted molar refractivity (Wildman–Crippen MR) is 97.8 cm³/mol. The Morgan fingerprint density at radius 1 is 1.08 bits per heavy atom. The number of carbonyl (C=O) groups is 1. The van der Waals surface area contributed by atoms with E-state index in [0.717, 1.165) is 11.1 Å². The molecule has 0 unspecified atom stereocenters. The highest BCUT2D eigenvalue weighted by molar-refractivity contribution is 5.77. The zero-order chi connectivity index (χ0) is 17.6. The summed E-state index contributed by atoms with van der Waals surface area (Å²) in [6.45, 7) is 6.41. The van der Waals surface area contributed by atoms with Crippen molar-refractivity contribution in [3.05, 3.63) is 59.7 Å². The lowest BCUT2D eigenvalue weighted by molar-refractivity contribution is -0.122. The Bertz CT molecular complexity index is 676. The first-order valence-electron chi connectivity index (χ1n) is 8.19. The molecule has 0 aliphatic rings. The highest BCUT2D eigenvalue weighted by Crippen LogP contribution is 2.24. The van der Waals surface area contributed by atoms with E-state index in [-0.39, 0.29) is 11.4 Å². The second-order valence-electron chi connectivity index (χ2n) is 6.94. The normalized spacial score (nSPS) is 11.1. The number of rotatable bonds is 6. The molecule has 2 rings (SSSR count). The Morgan fingerprint density at radius 3 is 2.42 bits per heavy atom. The van der Waals surface area contributed by atoms with Crippen LogP contribution in [0.25, 0.3) is 0 Å². The summed E-state index contributed by atoms with van der Waals surface area (Å²) < 4.78 is 5.77. The smallest absolute Gasteiger partial charge is 0.220 e. The van der Waals surface area contributed by atoms with Crippen LogP contribution in [0.2, 0.25) is 0 Å². The number of benzene rings is 2. The van der Waals surface area contributed by atoms with E-state index in [1.807, 2.05) is 69.3 Å². The lowest BCUT2D eigenvalue weighted by atomic mass is 10.1. The third-order valence-corrected chi connectivity index (χ3v) is 3.47. The van der Waals surface area contributed by atoms with Crippen molar-refractivity contribution in [3.63, 3.8) is 0 Å². The van der Waals surface area contributed by atoms with Gasteiger partial charge in [-0.15, -0.1) is 0 Å². The number of amides is 1. The van der Waals surface area contributed by atoms with Gasteiger partial charge in [0.1, 0.15) is 12.4 Å². The summed E-state index contributed by atoms with van der Waals surface area (Å²) in [7, 11) is 0. The topological polar surface area (TPSA) is 64.3 Å². The summed E-state index contributed by atoms with van der Waals surface area (Å²) in [6, 6.07) is 15.7. The van der Waals surface area contributed by atoms with E-state index in [9.17, 15) is 4.79 Å². The first-order valence-corrected chi connectivity index (χ1v) is 8.19. The molecule has 0 saturated heterocycles. The van der Waals surface area contributed by atoms with Gasteiger partial charge in [-0.05, 0) is 50.5 Å². The molecule has 0 fully saturated rings. The van der Waals surface area contributed by atoms with Gasteiger partial charge >= 0.3 is 0 Å². The molecule has 0 heterocycles. The summed E-state index contributed by atoms with van der Waals surface area (Å²) in [5.41, 5.74) is 8.59. The molecule has 3 N–H and O–H groups in total. The lowest BCUT2D eigenvalue weighted by Gasteiger charge is -2.20. The fraction of sp³-hybridized carbons (Fsp3) is 0.350. The molecule has 0 aliphatic carbocycles. The summed E-state index contributed by atoms with van der Waals surface area (Å²) in [4.78, 5) is 11.9. The summed E-state index contributed by atoms with van der Waals surface area (Å²) in [5, 5.41) is 2.96. The molecule has 0 aliphatic heterocycles. The fourth-order valence-electron chi connectivity index (χ4n) is 2.36.